The number of hydrogen-bond donors (Lipinski definition) is 1. The maximum absolute atomic E-state index is 12.6. The molecular formula is C18H28N4OS. The van der Waals surface area contributed by atoms with E-state index >= 15 is 0 Å². The molecule has 2 aliphatic heterocycles. The van der Waals surface area contributed by atoms with E-state index in [0.717, 1.165) is 32.0 Å². The first kappa shape index (κ1) is 17.3. The first-order chi connectivity index (χ1) is 11.3. The molecule has 1 aromatic rings. The number of thiophene rings is 1. The van der Waals surface area contributed by atoms with Crippen LogP contribution in [0.15, 0.2) is 16.4 Å². The average Bonchev–Trinajstić information content (AvgIpc) is 3.01. The highest BCUT2D eigenvalue weighted by Gasteiger charge is 2.53. The third kappa shape index (κ3) is 2.81. The number of carbonyl (C=O) groups excluding carboxylic acids is 1. The number of rotatable bonds is 2. The number of guanidine groups is 1. The Morgan fingerprint density at radius 3 is 2.75 bits per heavy atom. The van der Waals surface area contributed by atoms with E-state index in [-0.39, 0.29) is 16.9 Å². The molecule has 5 nitrogen and oxygen atoms in total. The van der Waals surface area contributed by atoms with Gasteiger partial charge in [-0.25, -0.2) is 0 Å². The Balaban J connectivity index is 1.56. The van der Waals surface area contributed by atoms with Crippen molar-refractivity contribution >= 4 is 23.2 Å². The van der Waals surface area contributed by atoms with Crippen molar-refractivity contribution in [3.05, 3.63) is 21.9 Å². The van der Waals surface area contributed by atoms with Crippen molar-refractivity contribution in [1.82, 2.24) is 15.1 Å². The molecule has 132 valence electrons. The normalized spacial score (nSPS) is 22.0. The number of aliphatic imine (C=N–C) groups is 1. The molecule has 0 aliphatic carbocycles. The predicted octanol–water partition coefficient (Wildman–Crippen LogP) is 2.33. The highest BCUT2D eigenvalue weighted by Crippen LogP contribution is 2.46. The van der Waals surface area contributed by atoms with Crippen molar-refractivity contribution in [2.24, 2.45) is 10.4 Å². The Kier molecular flexibility index (Phi) is 4.36. The van der Waals surface area contributed by atoms with Crippen LogP contribution in [0.4, 0.5) is 0 Å². The quantitative estimate of drug-likeness (QED) is 0.659. The molecule has 3 heterocycles. The summed E-state index contributed by atoms with van der Waals surface area (Å²) in [6, 6.07) is 2.14. The van der Waals surface area contributed by atoms with Crippen LogP contribution in [-0.2, 0) is 17.8 Å². The van der Waals surface area contributed by atoms with E-state index in [4.69, 9.17) is 0 Å². The van der Waals surface area contributed by atoms with Gasteiger partial charge in [-0.15, -0.1) is 11.3 Å². The fraction of sp³-hybridized carbons (Fsp3) is 0.667. The summed E-state index contributed by atoms with van der Waals surface area (Å²) < 4.78 is 0. The van der Waals surface area contributed by atoms with Crippen LogP contribution in [0, 0.1) is 5.41 Å². The second kappa shape index (κ2) is 6.06. The maximum atomic E-state index is 12.6. The molecule has 1 N–H and O–H groups in total. The summed E-state index contributed by atoms with van der Waals surface area (Å²) in [5, 5.41) is 5.38. The van der Waals surface area contributed by atoms with Crippen LogP contribution < -0.4 is 5.32 Å². The number of nitrogens with zero attached hydrogens (tertiary/aromatic N) is 3. The zero-order valence-corrected chi connectivity index (χ0v) is 16.2. The van der Waals surface area contributed by atoms with Crippen molar-refractivity contribution in [1.29, 1.82) is 0 Å². The highest BCUT2D eigenvalue weighted by atomic mass is 32.1. The fourth-order valence-electron chi connectivity index (χ4n) is 3.42. The fourth-order valence-corrected chi connectivity index (χ4v) is 4.31. The Morgan fingerprint density at radius 2 is 2.12 bits per heavy atom. The molecule has 1 fully saturated rings. The van der Waals surface area contributed by atoms with E-state index in [1.54, 1.807) is 18.4 Å². The molecule has 1 aromatic heterocycles. The lowest BCUT2D eigenvalue weighted by atomic mass is 9.65. The smallest absolute Gasteiger partial charge is 0.242 e. The van der Waals surface area contributed by atoms with Crippen molar-refractivity contribution in [3.8, 4) is 0 Å². The van der Waals surface area contributed by atoms with Gasteiger partial charge in [-0.1, -0.05) is 13.8 Å². The lowest BCUT2D eigenvalue weighted by Crippen LogP contribution is -2.72. The van der Waals surface area contributed by atoms with Gasteiger partial charge >= 0.3 is 0 Å². The molecule has 1 amide bonds. The molecule has 3 rings (SSSR count). The molecule has 0 atom stereocenters. The molecule has 0 radical (unpaired) electrons. The van der Waals surface area contributed by atoms with Crippen LogP contribution in [0.3, 0.4) is 0 Å². The summed E-state index contributed by atoms with van der Waals surface area (Å²) in [6.45, 7) is 11.8. The topological polar surface area (TPSA) is 47.9 Å². The Hall–Kier alpha value is -1.56. The monoisotopic (exact) mass is 348 g/mol. The molecule has 0 bridgehead atoms. The summed E-state index contributed by atoms with van der Waals surface area (Å²) in [4.78, 5) is 22.6. The molecule has 0 spiro atoms. The van der Waals surface area contributed by atoms with E-state index in [1.165, 1.54) is 10.4 Å². The van der Waals surface area contributed by atoms with Gasteiger partial charge in [0.2, 0.25) is 5.91 Å². The second-order valence-electron chi connectivity index (χ2n) is 7.86. The van der Waals surface area contributed by atoms with Gasteiger partial charge in [0.1, 0.15) is 0 Å². The number of hydrogen-bond acceptors (Lipinski definition) is 3. The van der Waals surface area contributed by atoms with Gasteiger partial charge < -0.3 is 15.1 Å². The third-order valence-corrected chi connectivity index (χ3v) is 6.93. The average molecular weight is 349 g/mol. The number of carbonyl (C=O) groups is 1. The Bertz CT molecular complexity index is 662. The van der Waals surface area contributed by atoms with Crippen LogP contribution in [0.2, 0.25) is 0 Å². The van der Waals surface area contributed by atoms with Crippen LogP contribution in [0.1, 0.15) is 38.1 Å². The standard InChI is InChI=1S/C18H28N4OS/c1-17(2)12-22(18(17,3)4)16(19-5)20-10-15(23)21-8-6-14-13(11-21)7-9-24-14/h7,9H,6,8,10-12H2,1-5H3,(H,19,20). The molecule has 1 saturated heterocycles. The predicted molar refractivity (Wildman–Crippen MR) is 99.4 cm³/mol. The minimum atomic E-state index is 0.0363. The summed E-state index contributed by atoms with van der Waals surface area (Å²) in [7, 11) is 1.78. The van der Waals surface area contributed by atoms with Gasteiger partial charge in [0.25, 0.3) is 0 Å². The molecule has 0 aromatic carbocycles. The van der Waals surface area contributed by atoms with Crippen LogP contribution >= 0.6 is 11.3 Å². The Morgan fingerprint density at radius 1 is 1.38 bits per heavy atom. The maximum Gasteiger partial charge on any atom is 0.242 e. The molecule has 6 heteroatoms. The number of fused-ring (bicyclic) bond motifs is 1. The summed E-state index contributed by atoms with van der Waals surface area (Å²) in [5.41, 5.74) is 1.58. The van der Waals surface area contributed by atoms with Gasteiger partial charge in [0.15, 0.2) is 5.96 Å². The zero-order chi connectivity index (χ0) is 17.5. The van der Waals surface area contributed by atoms with Gasteiger partial charge in [-0.3, -0.25) is 9.79 Å². The minimum absolute atomic E-state index is 0.0363. The number of nitrogens with one attached hydrogen (secondary N) is 1. The van der Waals surface area contributed by atoms with Crippen molar-refractivity contribution in [2.75, 3.05) is 26.7 Å². The summed E-state index contributed by atoms with van der Waals surface area (Å²) in [6.07, 6.45) is 0.973. The van der Waals surface area contributed by atoms with E-state index in [1.807, 2.05) is 4.90 Å². The van der Waals surface area contributed by atoms with Crippen LogP contribution in [0.5, 0.6) is 0 Å². The SMILES string of the molecule is CN=C(NCC(=O)N1CCc2sccc2C1)N1CC(C)(C)C1(C)C. The van der Waals surface area contributed by atoms with E-state index in [2.05, 4.69) is 54.4 Å². The van der Waals surface area contributed by atoms with Gasteiger partial charge in [-0.05, 0) is 37.3 Å². The van der Waals surface area contributed by atoms with E-state index < -0.39 is 0 Å². The van der Waals surface area contributed by atoms with Crippen molar-refractivity contribution in [3.63, 3.8) is 0 Å². The molecule has 2 aliphatic rings. The number of likely N-dealkylation sites (tertiary alicyclic amines) is 1. The molecular weight excluding hydrogens is 320 g/mol. The lowest BCUT2D eigenvalue weighted by Gasteiger charge is -2.62. The highest BCUT2D eigenvalue weighted by molar-refractivity contribution is 7.10. The Labute approximate surface area is 148 Å². The molecule has 24 heavy (non-hydrogen) atoms. The lowest BCUT2D eigenvalue weighted by molar-refractivity contribution is -0.131. The molecule has 0 saturated carbocycles. The second-order valence-corrected chi connectivity index (χ2v) is 8.86. The molecule has 0 unspecified atom stereocenters. The van der Waals surface area contributed by atoms with Gasteiger partial charge in [0, 0.05) is 42.5 Å². The van der Waals surface area contributed by atoms with Crippen LogP contribution in [0.25, 0.3) is 0 Å². The van der Waals surface area contributed by atoms with E-state index in [9.17, 15) is 4.79 Å². The van der Waals surface area contributed by atoms with Gasteiger partial charge in [-0.2, -0.15) is 0 Å². The summed E-state index contributed by atoms with van der Waals surface area (Å²) >= 11 is 1.80. The minimum Gasteiger partial charge on any atom is -0.347 e. The van der Waals surface area contributed by atoms with Gasteiger partial charge in [0.05, 0.1) is 6.54 Å². The first-order valence-corrected chi connectivity index (χ1v) is 9.45. The van der Waals surface area contributed by atoms with Crippen LogP contribution in [-0.4, -0.2) is 53.9 Å². The zero-order valence-electron chi connectivity index (χ0n) is 15.3. The third-order valence-electron chi connectivity index (χ3n) is 5.91. The summed E-state index contributed by atoms with van der Waals surface area (Å²) in [5.74, 6) is 0.964. The largest absolute Gasteiger partial charge is 0.347 e. The van der Waals surface area contributed by atoms with E-state index in [0.29, 0.717) is 6.54 Å². The van der Waals surface area contributed by atoms with Crippen molar-refractivity contribution < 1.29 is 4.79 Å². The van der Waals surface area contributed by atoms with Crippen molar-refractivity contribution in [2.45, 2.75) is 46.2 Å². The first-order valence-electron chi connectivity index (χ1n) is 8.57. The number of amides is 1.